The molecule has 0 saturated carbocycles. The molecule has 2 atom stereocenters. The fourth-order valence-corrected chi connectivity index (χ4v) is 7.97. The van der Waals surface area contributed by atoms with Crippen molar-refractivity contribution in [3.8, 4) is 0 Å². The van der Waals surface area contributed by atoms with Gasteiger partial charge in [0.25, 0.3) is 5.91 Å². The maximum atomic E-state index is 12.6. The van der Waals surface area contributed by atoms with E-state index in [-0.39, 0.29) is 35.1 Å². The largest absolute Gasteiger partial charge is 0.314 e. The number of halogens is 3. The number of thioether (sulfide) groups is 1. The third-order valence-electron chi connectivity index (χ3n) is 4.75. The maximum absolute atomic E-state index is 12.6. The summed E-state index contributed by atoms with van der Waals surface area (Å²) in [5, 5.41) is 1.57. The molecule has 2 aromatic rings. The van der Waals surface area contributed by atoms with Crippen molar-refractivity contribution < 1.29 is 13.2 Å². The normalized spacial score (nSPS) is 24.1. The molecule has 4 rings (SSSR count). The minimum absolute atomic E-state index is 0.0226. The monoisotopic (exact) mass is 488 g/mol. The molecule has 0 spiro atoms. The van der Waals surface area contributed by atoms with Gasteiger partial charge in [-0.3, -0.25) is 4.79 Å². The van der Waals surface area contributed by atoms with E-state index in [4.69, 9.17) is 34.8 Å². The molecule has 0 unspecified atom stereocenters. The van der Waals surface area contributed by atoms with Crippen molar-refractivity contribution in [2.45, 2.75) is 17.7 Å². The third kappa shape index (κ3) is 4.44. The van der Waals surface area contributed by atoms with Gasteiger partial charge >= 0.3 is 0 Å². The Morgan fingerprint density at radius 1 is 1.10 bits per heavy atom. The Labute approximate surface area is 188 Å². The molecule has 2 aliphatic rings. The first kappa shape index (κ1) is 21.0. The van der Waals surface area contributed by atoms with Crippen LogP contribution in [0.1, 0.15) is 5.56 Å². The number of hydrogen-bond acceptors (Lipinski definition) is 4. The zero-order chi connectivity index (χ0) is 20.8. The highest BCUT2D eigenvalue weighted by Crippen LogP contribution is 2.43. The van der Waals surface area contributed by atoms with Crippen LogP contribution in [0.4, 0.5) is 5.69 Å². The Morgan fingerprint density at radius 3 is 2.62 bits per heavy atom. The van der Waals surface area contributed by atoms with E-state index in [1.807, 2.05) is 0 Å². The molecule has 10 heteroatoms. The molecular weight excluding hydrogens is 475 g/mol. The first-order chi connectivity index (χ1) is 13.7. The highest BCUT2D eigenvalue weighted by molar-refractivity contribution is 8.16. The molecule has 2 saturated heterocycles. The predicted octanol–water partition coefficient (Wildman–Crippen LogP) is 4.49. The van der Waals surface area contributed by atoms with Crippen molar-refractivity contribution in [1.82, 2.24) is 0 Å². The van der Waals surface area contributed by atoms with Gasteiger partial charge in [-0.05, 0) is 29.8 Å². The number of amidine groups is 1. The molecule has 0 aromatic heterocycles. The van der Waals surface area contributed by atoms with Crippen LogP contribution in [0.15, 0.2) is 47.5 Å². The second-order valence-corrected chi connectivity index (χ2v) is 11.4. The summed E-state index contributed by atoms with van der Waals surface area (Å²) in [4.78, 5) is 18.7. The number of carbonyl (C=O) groups is 1. The molecule has 2 fully saturated rings. The van der Waals surface area contributed by atoms with E-state index in [9.17, 15) is 13.2 Å². The lowest BCUT2D eigenvalue weighted by molar-refractivity contribution is -0.117. The lowest BCUT2D eigenvalue weighted by Gasteiger charge is -2.25. The van der Waals surface area contributed by atoms with E-state index in [1.165, 1.54) is 11.8 Å². The van der Waals surface area contributed by atoms with Gasteiger partial charge in [-0.15, -0.1) is 0 Å². The first-order valence-electron chi connectivity index (χ1n) is 8.70. The Hall–Kier alpha value is -1.25. The molecule has 2 aromatic carbocycles. The number of aliphatic imine (C=N–C) groups is 1. The lowest BCUT2D eigenvalue weighted by Crippen LogP contribution is -2.38. The smallest absolute Gasteiger partial charge is 0.252 e. The predicted molar refractivity (Wildman–Crippen MR) is 120 cm³/mol. The minimum atomic E-state index is -3.17. The maximum Gasteiger partial charge on any atom is 0.252 e. The van der Waals surface area contributed by atoms with Crippen molar-refractivity contribution in [3.05, 3.63) is 63.1 Å². The molecule has 0 N–H and O–H groups in total. The van der Waals surface area contributed by atoms with Gasteiger partial charge in [0, 0.05) is 15.3 Å². The summed E-state index contributed by atoms with van der Waals surface area (Å²) >= 11 is 19.9. The summed E-state index contributed by atoms with van der Waals surface area (Å²) in [6, 6.07) is 11.7. The second kappa shape index (κ2) is 8.12. The average Bonchev–Trinajstić information content (AvgIpc) is 3.10. The summed E-state index contributed by atoms with van der Waals surface area (Å²) in [7, 11) is -3.17. The van der Waals surface area contributed by atoms with Crippen molar-refractivity contribution in [3.63, 3.8) is 0 Å². The van der Waals surface area contributed by atoms with Crippen LogP contribution in [0.3, 0.4) is 0 Å². The summed E-state index contributed by atoms with van der Waals surface area (Å²) in [6.07, 6.45) is 0.0501. The van der Waals surface area contributed by atoms with Gasteiger partial charge in [-0.1, -0.05) is 64.8 Å². The zero-order valence-electron chi connectivity index (χ0n) is 14.9. The molecule has 0 aliphatic carbocycles. The van der Waals surface area contributed by atoms with E-state index < -0.39 is 9.84 Å². The number of amides is 1. The zero-order valence-corrected chi connectivity index (χ0v) is 18.8. The number of anilines is 1. The number of fused-ring (bicyclic) bond motifs is 1. The second-order valence-electron chi connectivity index (χ2n) is 6.82. The number of nitrogens with zero attached hydrogens (tertiary/aromatic N) is 2. The van der Waals surface area contributed by atoms with Crippen molar-refractivity contribution in [2.24, 2.45) is 4.99 Å². The van der Waals surface area contributed by atoms with Crippen molar-refractivity contribution >= 4 is 73.2 Å². The van der Waals surface area contributed by atoms with E-state index in [2.05, 4.69) is 4.99 Å². The van der Waals surface area contributed by atoms with Gasteiger partial charge < -0.3 is 4.90 Å². The topological polar surface area (TPSA) is 66.8 Å². The number of sulfone groups is 1. The number of hydrogen-bond donors (Lipinski definition) is 0. The van der Waals surface area contributed by atoms with Crippen LogP contribution in [-0.2, 0) is 21.1 Å². The molecule has 2 aliphatic heterocycles. The van der Waals surface area contributed by atoms with Crippen LogP contribution < -0.4 is 4.90 Å². The third-order valence-corrected chi connectivity index (χ3v) is 8.89. The van der Waals surface area contributed by atoms with E-state index >= 15 is 0 Å². The van der Waals surface area contributed by atoms with Crippen LogP contribution >= 0.6 is 46.6 Å². The highest BCUT2D eigenvalue weighted by Gasteiger charge is 2.49. The van der Waals surface area contributed by atoms with Crippen LogP contribution in [0, 0.1) is 0 Å². The summed E-state index contributed by atoms with van der Waals surface area (Å²) < 4.78 is 24.3. The standard InChI is InChI=1S/C19H15Cl3N2O3S2/c20-12-5-6-14(22)15(8-12)24-16-9-29(26,27)10-17(16)28-19(24)23-18(25)7-11-3-1-2-4-13(11)21/h1-6,8,16-17H,7,9-10H2/t16-,17-/m0/s1. The number of carbonyl (C=O) groups excluding carboxylic acids is 1. The first-order valence-corrected chi connectivity index (χ1v) is 12.5. The summed E-state index contributed by atoms with van der Waals surface area (Å²) in [6.45, 7) is 0. The van der Waals surface area contributed by atoms with Gasteiger partial charge in [-0.25, -0.2) is 8.42 Å². The highest BCUT2D eigenvalue weighted by atomic mass is 35.5. The van der Waals surface area contributed by atoms with Crippen LogP contribution in [0.25, 0.3) is 0 Å². The molecule has 0 bridgehead atoms. The molecule has 152 valence electrons. The van der Waals surface area contributed by atoms with E-state index in [0.29, 0.717) is 31.5 Å². The summed E-state index contributed by atoms with van der Waals surface area (Å²) in [5.74, 6) is -0.355. The molecule has 2 heterocycles. The van der Waals surface area contributed by atoms with Crippen molar-refractivity contribution in [1.29, 1.82) is 0 Å². The Bertz CT molecular complexity index is 1120. The number of benzene rings is 2. The van der Waals surface area contributed by atoms with Gasteiger partial charge in [0.05, 0.1) is 34.7 Å². The molecule has 29 heavy (non-hydrogen) atoms. The molecule has 5 nitrogen and oxygen atoms in total. The SMILES string of the molecule is O=C(Cc1ccccc1Cl)N=C1S[C@H]2CS(=O)(=O)C[C@@H]2N1c1cc(Cl)ccc1Cl. The Morgan fingerprint density at radius 2 is 1.86 bits per heavy atom. The average molecular weight is 490 g/mol. The van der Waals surface area contributed by atoms with Crippen LogP contribution in [0.2, 0.25) is 15.1 Å². The lowest BCUT2D eigenvalue weighted by atomic mass is 10.1. The van der Waals surface area contributed by atoms with Crippen LogP contribution in [-0.4, -0.2) is 42.3 Å². The van der Waals surface area contributed by atoms with Gasteiger partial charge in [0.1, 0.15) is 0 Å². The number of rotatable bonds is 3. The fourth-order valence-electron chi connectivity index (χ4n) is 3.47. The van der Waals surface area contributed by atoms with Gasteiger partial charge in [-0.2, -0.15) is 4.99 Å². The Kier molecular flexibility index (Phi) is 5.88. The summed E-state index contributed by atoms with van der Waals surface area (Å²) in [5.41, 5.74) is 1.22. The van der Waals surface area contributed by atoms with Crippen LogP contribution in [0.5, 0.6) is 0 Å². The molecule has 1 amide bonds. The van der Waals surface area contributed by atoms with E-state index in [0.717, 1.165) is 0 Å². The van der Waals surface area contributed by atoms with Crippen molar-refractivity contribution in [2.75, 3.05) is 16.4 Å². The Balaban J connectivity index is 1.70. The fraction of sp³-hybridized carbons (Fsp3) is 0.263. The van der Waals surface area contributed by atoms with E-state index in [1.54, 1.807) is 47.4 Å². The molecular formula is C19H15Cl3N2O3S2. The molecule has 0 radical (unpaired) electrons. The quantitative estimate of drug-likeness (QED) is 0.635. The van der Waals surface area contributed by atoms with Gasteiger partial charge in [0.2, 0.25) is 0 Å². The van der Waals surface area contributed by atoms with Gasteiger partial charge in [0.15, 0.2) is 15.0 Å². The minimum Gasteiger partial charge on any atom is -0.314 e.